The van der Waals surface area contributed by atoms with Gasteiger partial charge in [0.2, 0.25) is 11.2 Å². The van der Waals surface area contributed by atoms with Crippen LogP contribution in [0.15, 0.2) is 50.7 Å². The molecule has 0 unspecified atom stereocenters. The lowest BCUT2D eigenvalue weighted by molar-refractivity contribution is 0.438. The maximum Gasteiger partial charge on any atom is 0.238 e. The number of azide groups is 1. The Labute approximate surface area is 128 Å². The quantitative estimate of drug-likeness (QED) is 0.377. The van der Waals surface area contributed by atoms with Crippen LogP contribution in [0, 0.1) is 0 Å². The molecule has 0 atom stereocenters. The molecule has 114 valence electrons. The Balaban J connectivity index is 2.27. The first-order valence-corrected chi connectivity index (χ1v) is 6.38. The minimum Gasteiger partial charge on any atom is -0.508 e. The molecule has 0 radical (unpaired) electrons. The first-order chi connectivity index (χ1) is 11.0. The maximum absolute atomic E-state index is 12.2. The van der Waals surface area contributed by atoms with Gasteiger partial charge >= 0.3 is 0 Å². The molecule has 0 bridgehead atoms. The molecular formula is C15H9N3O5. The molecule has 8 heteroatoms. The van der Waals surface area contributed by atoms with Gasteiger partial charge in [0.05, 0.1) is 0 Å². The lowest BCUT2D eigenvalue weighted by Gasteiger charge is -2.07. The molecule has 0 aliphatic carbocycles. The predicted molar refractivity (Wildman–Crippen MR) is 81.7 cm³/mol. The summed E-state index contributed by atoms with van der Waals surface area (Å²) in [5.74, 6) is -1.57. The first-order valence-electron chi connectivity index (χ1n) is 6.38. The highest BCUT2D eigenvalue weighted by molar-refractivity contribution is 5.88. The van der Waals surface area contributed by atoms with Gasteiger partial charge in [-0.3, -0.25) is 4.79 Å². The molecule has 0 fully saturated rings. The van der Waals surface area contributed by atoms with E-state index in [1.165, 1.54) is 24.3 Å². The molecular weight excluding hydrogens is 302 g/mol. The smallest absolute Gasteiger partial charge is 0.238 e. The second kappa shape index (κ2) is 5.28. The molecule has 23 heavy (non-hydrogen) atoms. The lowest BCUT2D eigenvalue weighted by atomic mass is 10.1. The summed E-state index contributed by atoms with van der Waals surface area (Å²) in [7, 11) is 0. The Morgan fingerprint density at radius 3 is 2.43 bits per heavy atom. The van der Waals surface area contributed by atoms with Crippen LogP contribution in [0.5, 0.6) is 17.2 Å². The minimum atomic E-state index is -0.821. The summed E-state index contributed by atoms with van der Waals surface area (Å²) >= 11 is 0. The van der Waals surface area contributed by atoms with Crippen molar-refractivity contribution in [3.8, 4) is 28.6 Å². The van der Waals surface area contributed by atoms with Gasteiger partial charge in [-0.15, -0.1) is 0 Å². The van der Waals surface area contributed by atoms with Crippen LogP contribution in [-0.4, -0.2) is 15.3 Å². The number of rotatable bonds is 2. The summed E-state index contributed by atoms with van der Waals surface area (Å²) in [5.41, 5.74) is 8.19. The van der Waals surface area contributed by atoms with E-state index in [1.807, 2.05) is 0 Å². The molecule has 0 spiro atoms. The van der Waals surface area contributed by atoms with Gasteiger partial charge < -0.3 is 19.7 Å². The molecule has 0 amide bonds. The van der Waals surface area contributed by atoms with Crippen LogP contribution in [0.3, 0.4) is 0 Å². The van der Waals surface area contributed by atoms with E-state index >= 15 is 0 Å². The van der Waals surface area contributed by atoms with Gasteiger partial charge in [-0.1, -0.05) is 29.4 Å². The van der Waals surface area contributed by atoms with Gasteiger partial charge in [-0.05, 0) is 5.53 Å². The average Bonchev–Trinajstić information content (AvgIpc) is 2.51. The molecule has 3 N–H and O–H groups in total. The molecule has 2 aromatic carbocycles. The van der Waals surface area contributed by atoms with Crippen molar-refractivity contribution < 1.29 is 19.7 Å². The molecule has 0 saturated heterocycles. The zero-order valence-electron chi connectivity index (χ0n) is 11.5. The minimum absolute atomic E-state index is 0.0700. The van der Waals surface area contributed by atoms with Crippen molar-refractivity contribution in [3.05, 3.63) is 57.1 Å². The Hall–Kier alpha value is -3.64. The van der Waals surface area contributed by atoms with Gasteiger partial charge in [-0.25, -0.2) is 0 Å². The van der Waals surface area contributed by atoms with Crippen molar-refractivity contribution >= 4 is 16.7 Å². The van der Waals surface area contributed by atoms with Gasteiger partial charge in [0.25, 0.3) is 0 Å². The number of fused-ring (bicyclic) bond motifs is 1. The summed E-state index contributed by atoms with van der Waals surface area (Å²) in [6, 6.07) is 8.10. The van der Waals surface area contributed by atoms with Crippen LogP contribution in [-0.2, 0) is 0 Å². The summed E-state index contributed by atoms with van der Waals surface area (Å²) in [5, 5.41) is 32.5. The number of phenolic OH excluding ortho intramolecular Hbond substituents is 2. The highest BCUT2D eigenvalue weighted by Crippen LogP contribution is 2.35. The van der Waals surface area contributed by atoms with Crippen molar-refractivity contribution in [1.82, 2.24) is 0 Å². The molecule has 3 rings (SSSR count). The maximum atomic E-state index is 12.2. The van der Waals surface area contributed by atoms with Gasteiger partial charge in [0.15, 0.2) is 5.76 Å². The molecule has 3 aromatic rings. The van der Waals surface area contributed by atoms with E-state index in [9.17, 15) is 20.1 Å². The van der Waals surface area contributed by atoms with Crippen LogP contribution in [0.4, 0.5) is 5.69 Å². The standard InChI is InChI=1S/C15H9N3O5/c16-18-17-8-3-1-7(2-4-8)15-14(22)13(21)12-10(20)5-9(19)6-11(12)23-15/h1-6,19-20,22H. The number of phenols is 2. The van der Waals surface area contributed by atoms with E-state index < -0.39 is 16.9 Å². The van der Waals surface area contributed by atoms with Crippen molar-refractivity contribution in [2.24, 2.45) is 5.11 Å². The number of aromatic hydroxyl groups is 3. The van der Waals surface area contributed by atoms with Gasteiger partial charge in [-0.2, -0.15) is 0 Å². The highest BCUT2D eigenvalue weighted by Gasteiger charge is 2.18. The van der Waals surface area contributed by atoms with Crippen LogP contribution in [0.25, 0.3) is 32.7 Å². The Morgan fingerprint density at radius 2 is 1.78 bits per heavy atom. The normalized spacial score (nSPS) is 10.4. The third-order valence-electron chi connectivity index (χ3n) is 3.23. The van der Waals surface area contributed by atoms with Crippen LogP contribution in [0.1, 0.15) is 0 Å². The second-order valence-electron chi connectivity index (χ2n) is 4.68. The Bertz CT molecular complexity index is 1020. The number of hydrogen-bond acceptors (Lipinski definition) is 6. The largest absolute Gasteiger partial charge is 0.508 e. The topological polar surface area (TPSA) is 140 Å². The third-order valence-corrected chi connectivity index (χ3v) is 3.23. The van der Waals surface area contributed by atoms with Crippen molar-refractivity contribution in [2.45, 2.75) is 0 Å². The Kier molecular flexibility index (Phi) is 3.29. The zero-order valence-corrected chi connectivity index (χ0v) is 11.5. The number of hydrogen-bond donors (Lipinski definition) is 3. The van der Waals surface area contributed by atoms with E-state index in [4.69, 9.17) is 9.95 Å². The molecule has 0 saturated carbocycles. The Morgan fingerprint density at radius 1 is 1.09 bits per heavy atom. The monoisotopic (exact) mass is 311 g/mol. The van der Waals surface area contributed by atoms with Crippen LogP contribution < -0.4 is 5.43 Å². The SMILES string of the molecule is [N-]=[N+]=Nc1ccc(-c2oc3cc(O)cc(O)c3c(=O)c2O)cc1. The van der Waals surface area contributed by atoms with E-state index in [0.29, 0.717) is 11.3 Å². The number of benzene rings is 2. The van der Waals surface area contributed by atoms with Crippen LogP contribution in [0.2, 0.25) is 0 Å². The van der Waals surface area contributed by atoms with Crippen molar-refractivity contribution in [1.29, 1.82) is 0 Å². The number of nitrogens with zero attached hydrogens (tertiary/aromatic N) is 3. The first kappa shape index (κ1) is 14.3. The van der Waals surface area contributed by atoms with Crippen LogP contribution >= 0.6 is 0 Å². The molecule has 0 aliphatic heterocycles. The summed E-state index contributed by atoms with van der Waals surface area (Å²) in [6.45, 7) is 0. The highest BCUT2D eigenvalue weighted by atomic mass is 16.4. The van der Waals surface area contributed by atoms with Crippen molar-refractivity contribution in [3.63, 3.8) is 0 Å². The zero-order chi connectivity index (χ0) is 16.6. The molecule has 0 aliphatic rings. The van der Waals surface area contributed by atoms with E-state index in [-0.39, 0.29) is 22.5 Å². The fraction of sp³-hybridized carbons (Fsp3) is 0. The third kappa shape index (κ3) is 2.39. The van der Waals surface area contributed by atoms with Gasteiger partial charge in [0.1, 0.15) is 22.5 Å². The van der Waals surface area contributed by atoms with E-state index in [0.717, 1.165) is 12.1 Å². The molecule has 1 heterocycles. The summed E-state index contributed by atoms with van der Waals surface area (Å²) in [6.07, 6.45) is 0. The van der Waals surface area contributed by atoms with E-state index in [2.05, 4.69) is 10.0 Å². The molecule has 1 aromatic heterocycles. The van der Waals surface area contributed by atoms with Crippen molar-refractivity contribution in [2.75, 3.05) is 0 Å². The summed E-state index contributed by atoms with van der Waals surface area (Å²) < 4.78 is 5.45. The van der Waals surface area contributed by atoms with E-state index in [1.54, 1.807) is 0 Å². The fourth-order valence-corrected chi connectivity index (χ4v) is 2.20. The lowest BCUT2D eigenvalue weighted by Crippen LogP contribution is -2.02. The summed E-state index contributed by atoms with van der Waals surface area (Å²) in [4.78, 5) is 14.9. The van der Waals surface area contributed by atoms with Gasteiger partial charge in [0, 0.05) is 28.3 Å². The molecule has 8 nitrogen and oxygen atoms in total. The average molecular weight is 311 g/mol. The second-order valence-corrected chi connectivity index (χ2v) is 4.68. The fourth-order valence-electron chi connectivity index (χ4n) is 2.20. The predicted octanol–water partition coefficient (Wildman–Crippen LogP) is 3.52.